The lowest BCUT2D eigenvalue weighted by molar-refractivity contribution is -0.291. The van der Waals surface area contributed by atoms with Crippen molar-refractivity contribution in [3.63, 3.8) is 0 Å². The van der Waals surface area contributed by atoms with Crippen molar-refractivity contribution in [3.8, 4) is 0 Å². The number of phosphoric acid groups is 1. The summed E-state index contributed by atoms with van der Waals surface area (Å²) in [4.78, 5) is 67.5. The predicted octanol–water partition coefficient (Wildman–Crippen LogP) is 0.260. The van der Waals surface area contributed by atoms with Gasteiger partial charge in [0.2, 0.25) is 6.29 Å². The average molecular weight is 507 g/mol. The second-order valence-electron chi connectivity index (χ2n) is 6.69. The molecule has 15 heteroatoms. The van der Waals surface area contributed by atoms with Gasteiger partial charge in [-0.05, 0) is 12.1 Å². The summed E-state index contributed by atoms with van der Waals surface area (Å²) in [5, 5.41) is 0. The summed E-state index contributed by atoms with van der Waals surface area (Å²) in [7, 11) is -5.16. The van der Waals surface area contributed by atoms with E-state index in [1.165, 1.54) is 0 Å². The van der Waals surface area contributed by atoms with Crippen LogP contribution in [0.2, 0.25) is 0 Å². The molecule has 0 unspecified atom stereocenters. The highest BCUT2D eigenvalue weighted by Gasteiger charge is 2.54. The first kappa shape index (κ1) is 29.1. The van der Waals surface area contributed by atoms with Crippen molar-refractivity contribution in [2.75, 3.05) is 6.61 Å². The van der Waals surface area contributed by atoms with Gasteiger partial charge in [0.05, 0.1) is 0 Å². The van der Waals surface area contributed by atoms with Crippen LogP contribution in [0.15, 0.2) is 30.6 Å². The standard InChI is InChI=1S/C14H21O13P.C5H5N/c1-6(15)22-5-10-11(23-7(2)16)12(24-8(3)17)13(25-9(4)18)14(26-10)27-28(19,20)21;1-2-4-6-5-3-1/h10-14H,5H2,1-4H3,(H2,19,20,21);1-5H/t10-,11-,12+,13+,14+;/m1./s1. The molecule has 0 aliphatic carbocycles. The Kier molecular flexibility index (Phi) is 11.8. The highest BCUT2D eigenvalue weighted by atomic mass is 31.2. The number of aromatic nitrogens is 1. The largest absolute Gasteiger partial charge is 0.472 e. The van der Waals surface area contributed by atoms with Crippen LogP contribution in [-0.4, -0.2) is 76.0 Å². The van der Waals surface area contributed by atoms with Gasteiger partial charge < -0.3 is 33.5 Å². The molecule has 0 bridgehead atoms. The number of carbonyl (C=O) groups is 4. The first-order chi connectivity index (χ1) is 15.8. The molecule has 2 heterocycles. The topological polar surface area (TPSA) is 194 Å². The minimum atomic E-state index is -5.16. The molecule has 14 nitrogen and oxygen atoms in total. The van der Waals surface area contributed by atoms with Crippen LogP contribution in [0.25, 0.3) is 0 Å². The lowest BCUT2D eigenvalue weighted by atomic mass is 9.98. The fourth-order valence-electron chi connectivity index (χ4n) is 2.72. The van der Waals surface area contributed by atoms with E-state index in [1.54, 1.807) is 12.4 Å². The van der Waals surface area contributed by atoms with Gasteiger partial charge in [-0.1, -0.05) is 6.07 Å². The fourth-order valence-corrected chi connectivity index (χ4v) is 3.16. The maximum atomic E-state index is 11.5. The number of ether oxygens (including phenoxy) is 5. The molecule has 190 valence electrons. The summed E-state index contributed by atoms with van der Waals surface area (Å²) in [5.74, 6) is -3.38. The Bertz CT molecular complexity index is 847. The Balaban J connectivity index is 0.000000830. The highest BCUT2D eigenvalue weighted by Crippen LogP contribution is 2.42. The van der Waals surface area contributed by atoms with Crippen LogP contribution in [0.4, 0.5) is 0 Å². The number of hydrogen-bond acceptors (Lipinski definition) is 12. The van der Waals surface area contributed by atoms with Crippen LogP contribution in [-0.2, 0) is 52.0 Å². The molecule has 0 aromatic carbocycles. The summed E-state index contributed by atoms with van der Waals surface area (Å²) in [5.41, 5.74) is 0. The third-order valence-electron chi connectivity index (χ3n) is 3.76. The number of hydrogen-bond donors (Lipinski definition) is 2. The number of rotatable bonds is 7. The van der Waals surface area contributed by atoms with Gasteiger partial charge in [-0.15, -0.1) is 0 Å². The van der Waals surface area contributed by atoms with Crippen molar-refractivity contribution in [2.45, 2.75) is 58.4 Å². The third-order valence-corrected chi connectivity index (χ3v) is 4.24. The van der Waals surface area contributed by atoms with Crippen molar-refractivity contribution in [2.24, 2.45) is 0 Å². The zero-order chi connectivity index (χ0) is 25.9. The molecule has 2 N–H and O–H groups in total. The van der Waals surface area contributed by atoms with Crippen LogP contribution in [0, 0.1) is 0 Å². The number of phosphoric ester groups is 1. The van der Waals surface area contributed by atoms with E-state index in [2.05, 4.69) is 9.51 Å². The number of carbonyl (C=O) groups excluding carboxylic acids is 4. The minimum Gasteiger partial charge on any atom is -0.463 e. The van der Waals surface area contributed by atoms with Gasteiger partial charge in [0.15, 0.2) is 18.3 Å². The van der Waals surface area contributed by atoms with Crippen molar-refractivity contribution >= 4 is 31.7 Å². The molecule has 1 aromatic heterocycles. The molecule has 0 radical (unpaired) electrons. The first-order valence-corrected chi connectivity index (χ1v) is 11.2. The molecule has 1 aliphatic heterocycles. The average Bonchev–Trinajstić information content (AvgIpc) is 2.71. The Labute approximate surface area is 194 Å². The Hall–Kier alpha value is -2.90. The van der Waals surface area contributed by atoms with E-state index in [9.17, 15) is 23.7 Å². The molecule has 5 atom stereocenters. The smallest absolute Gasteiger partial charge is 0.463 e. The van der Waals surface area contributed by atoms with Crippen LogP contribution < -0.4 is 0 Å². The lowest BCUT2D eigenvalue weighted by Crippen LogP contribution is -2.62. The van der Waals surface area contributed by atoms with Gasteiger partial charge in [0.1, 0.15) is 12.7 Å². The molecular formula is C19H26NO13P. The quantitative estimate of drug-likeness (QED) is 0.290. The van der Waals surface area contributed by atoms with Crippen LogP contribution in [0.3, 0.4) is 0 Å². The molecule has 0 amide bonds. The van der Waals surface area contributed by atoms with Gasteiger partial charge in [-0.3, -0.25) is 28.7 Å². The van der Waals surface area contributed by atoms with E-state index < -0.39 is 69.0 Å². The van der Waals surface area contributed by atoms with Crippen LogP contribution >= 0.6 is 7.82 Å². The van der Waals surface area contributed by atoms with E-state index in [-0.39, 0.29) is 0 Å². The maximum Gasteiger partial charge on any atom is 0.472 e. The second kappa shape index (κ2) is 13.7. The van der Waals surface area contributed by atoms with Crippen molar-refractivity contribution < 1.29 is 61.7 Å². The van der Waals surface area contributed by atoms with Gasteiger partial charge in [-0.25, -0.2) is 4.57 Å². The third kappa shape index (κ3) is 11.3. The Morgan fingerprint density at radius 2 is 1.32 bits per heavy atom. The van der Waals surface area contributed by atoms with Crippen molar-refractivity contribution in [1.82, 2.24) is 4.98 Å². The first-order valence-electron chi connectivity index (χ1n) is 9.69. The van der Waals surface area contributed by atoms with E-state index in [4.69, 9.17) is 33.5 Å². The van der Waals surface area contributed by atoms with E-state index in [0.717, 1.165) is 27.7 Å². The summed E-state index contributed by atoms with van der Waals surface area (Å²) >= 11 is 0. The second-order valence-corrected chi connectivity index (χ2v) is 7.88. The fraction of sp³-hybridized carbons (Fsp3) is 0.526. The molecule has 1 fully saturated rings. The number of esters is 4. The zero-order valence-electron chi connectivity index (χ0n) is 18.8. The molecule has 1 saturated heterocycles. The molecule has 34 heavy (non-hydrogen) atoms. The summed E-state index contributed by atoms with van der Waals surface area (Å²) in [6.45, 7) is 3.56. The van der Waals surface area contributed by atoms with Crippen LogP contribution in [0.1, 0.15) is 27.7 Å². The van der Waals surface area contributed by atoms with Gasteiger partial charge in [-0.2, -0.15) is 0 Å². The minimum absolute atomic E-state index is 0.543. The van der Waals surface area contributed by atoms with Crippen molar-refractivity contribution in [1.29, 1.82) is 0 Å². The highest BCUT2D eigenvalue weighted by molar-refractivity contribution is 7.46. The van der Waals surface area contributed by atoms with E-state index >= 15 is 0 Å². The molecule has 0 saturated carbocycles. The van der Waals surface area contributed by atoms with Gasteiger partial charge in [0, 0.05) is 40.1 Å². The summed E-state index contributed by atoms with van der Waals surface area (Å²) < 4.78 is 40.9. The van der Waals surface area contributed by atoms with Crippen LogP contribution in [0.5, 0.6) is 0 Å². The Morgan fingerprint density at radius 1 is 0.824 bits per heavy atom. The molecule has 0 spiro atoms. The normalized spacial score (nSPS) is 24.0. The molecular weight excluding hydrogens is 481 g/mol. The lowest BCUT2D eigenvalue weighted by Gasteiger charge is -2.43. The van der Waals surface area contributed by atoms with Crippen molar-refractivity contribution in [3.05, 3.63) is 30.6 Å². The Morgan fingerprint density at radius 3 is 1.71 bits per heavy atom. The molecule has 2 rings (SSSR count). The summed E-state index contributed by atoms with van der Waals surface area (Å²) in [6.07, 6.45) is -4.51. The predicted molar refractivity (Wildman–Crippen MR) is 109 cm³/mol. The van der Waals surface area contributed by atoms with Gasteiger partial charge in [0.25, 0.3) is 0 Å². The van der Waals surface area contributed by atoms with E-state index in [0.29, 0.717) is 0 Å². The number of nitrogens with zero attached hydrogens (tertiary/aromatic N) is 1. The molecule has 1 aromatic rings. The SMILES string of the molecule is CC(=O)OC[C@H]1O[C@@H](OP(=O)(O)O)[C@@H](OC(C)=O)[C@@H](OC(C)=O)[C@@H]1OC(C)=O.c1ccncc1. The summed E-state index contributed by atoms with van der Waals surface area (Å²) in [6, 6.07) is 5.72. The monoisotopic (exact) mass is 507 g/mol. The molecule has 1 aliphatic rings. The zero-order valence-corrected chi connectivity index (χ0v) is 19.7. The van der Waals surface area contributed by atoms with Gasteiger partial charge >= 0.3 is 31.7 Å². The maximum absolute atomic E-state index is 11.5. The number of pyridine rings is 1. The van der Waals surface area contributed by atoms with E-state index in [1.807, 2.05) is 18.2 Å².